The maximum absolute atomic E-state index is 12.5. The number of rotatable bonds is 7. The highest BCUT2D eigenvalue weighted by molar-refractivity contribution is 7.80. The van der Waals surface area contributed by atoms with Crippen LogP contribution in [-0.2, 0) is 0 Å². The molecular formula is C21H25N3O3S. The second-order valence-electron chi connectivity index (χ2n) is 6.20. The zero-order valence-electron chi connectivity index (χ0n) is 16.2. The minimum Gasteiger partial charge on any atom is -0.494 e. The zero-order valence-corrected chi connectivity index (χ0v) is 17.1. The van der Waals surface area contributed by atoms with Gasteiger partial charge >= 0.3 is 0 Å². The number of nitrogens with one attached hydrogen (secondary N) is 3. The zero-order chi connectivity index (χ0) is 20.5. The van der Waals surface area contributed by atoms with Crippen molar-refractivity contribution in [2.75, 3.05) is 11.9 Å². The van der Waals surface area contributed by atoms with E-state index in [0.29, 0.717) is 29.2 Å². The normalized spacial score (nSPS) is 11.2. The van der Waals surface area contributed by atoms with Crippen LogP contribution in [0.15, 0.2) is 48.5 Å². The Balaban J connectivity index is 2.06. The van der Waals surface area contributed by atoms with E-state index < -0.39 is 0 Å². The van der Waals surface area contributed by atoms with Gasteiger partial charge in [0.05, 0.1) is 17.9 Å². The summed E-state index contributed by atoms with van der Waals surface area (Å²) in [6.45, 7) is 6.33. The number of hydrogen-bond acceptors (Lipinski definition) is 4. The van der Waals surface area contributed by atoms with Crippen molar-refractivity contribution in [2.24, 2.45) is 0 Å². The number of amides is 2. The van der Waals surface area contributed by atoms with Crippen LogP contribution in [-0.4, -0.2) is 29.6 Å². The first-order valence-electron chi connectivity index (χ1n) is 9.19. The van der Waals surface area contributed by atoms with E-state index in [1.807, 2.05) is 20.8 Å². The first-order valence-corrected chi connectivity index (χ1v) is 9.60. The summed E-state index contributed by atoms with van der Waals surface area (Å²) in [5.41, 5.74) is 1.41. The lowest BCUT2D eigenvalue weighted by atomic mass is 10.1. The van der Waals surface area contributed by atoms with E-state index in [1.165, 1.54) is 0 Å². The van der Waals surface area contributed by atoms with Gasteiger partial charge in [-0.05, 0) is 62.8 Å². The van der Waals surface area contributed by atoms with Crippen molar-refractivity contribution in [3.8, 4) is 5.75 Å². The number of benzene rings is 2. The summed E-state index contributed by atoms with van der Waals surface area (Å²) in [6, 6.07) is 13.9. The van der Waals surface area contributed by atoms with Gasteiger partial charge in [0.2, 0.25) is 0 Å². The third kappa shape index (κ3) is 6.06. The van der Waals surface area contributed by atoms with Crippen LogP contribution >= 0.6 is 12.2 Å². The molecule has 28 heavy (non-hydrogen) atoms. The van der Waals surface area contributed by atoms with Crippen LogP contribution in [0, 0.1) is 0 Å². The average molecular weight is 400 g/mol. The molecule has 0 saturated heterocycles. The Morgan fingerprint density at radius 2 is 1.82 bits per heavy atom. The van der Waals surface area contributed by atoms with Crippen molar-refractivity contribution in [1.82, 2.24) is 10.6 Å². The molecule has 3 N–H and O–H groups in total. The van der Waals surface area contributed by atoms with Crippen LogP contribution in [0.2, 0.25) is 0 Å². The summed E-state index contributed by atoms with van der Waals surface area (Å²) in [4.78, 5) is 24.9. The lowest BCUT2D eigenvalue weighted by molar-refractivity contribution is 0.0938. The molecule has 6 nitrogen and oxygen atoms in total. The lowest BCUT2D eigenvalue weighted by Gasteiger charge is -2.16. The molecular weight excluding hydrogens is 374 g/mol. The highest BCUT2D eigenvalue weighted by Gasteiger charge is 2.15. The molecule has 2 rings (SSSR count). The summed E-state index contributed by atoms with van der Waals surface area (Å²) in [7, 11) is 0. The first kappa shape index (κ1) is 21.4. The van der Waals surface area contributed by atoms with Crippen molar-refractivity contribution < 1.29 is 14.3 Å². The van der Waals surface area contributed by atoms with Gasteiger partial charge in [0.25, 0.3) is 11.8 Å². The number of thiocarbonyl (C=S) groups is 1. The molecule has 0 aliphatic heterocycles. The molecule has 2 aromatic rings. The van der Waals surface area contributed by atoms with E-state index in [0.717, 1.165) is 6.42 Å². The van der Waals surface area contributed by atoms with Crippen molar-refractivity contribution in [3.63, 3.8) is 0 Å². The third-order valence-corrected chi connectivity index (χ3v) is 4.25. The summed E-state index contributed by atoms with van der Waals surface area (Å²) in [5.74, 6) is 0.0534. The second-order valence-corrected chi connectivity index (χ2v) is 6.61. The monoisotopic (exact) mass is 399 g/mol. The predicted molar refractivity (Wildman–Crippen MR) is 115 cm³/mol. The van der Waals surface area contributed by atoms with Gasteiger partial charge in [0.15, 0.2) is 5.11 Å². The fourth-order valence-electron chi connectivity index (χ4n) is 2.42. The number of carbonyl (C=O) groups excluding carboxylic acids is 2. The van der Waals surface area contributed by atoms with E-state index in [4.69, 9.17) is 17.0 Å². The van der Waals surface area contributed by atoms with Crippen LogP contribution in [0.5, 0.6) is 5.75 Å². The molecule has 0 radical (unpaired) electrons. The fraction of sp³-hybridized carbons (Fsp3) is 0.286. The van der Waals surface area contributed by atoms with Gasteiger partial charge in [-0.25, -0.2) is 0 Å². The third-order valence-electron chi connectivity index (χ3n) is 4.04. The van der Waals surface area contributed by atoms with Crippen LogP contribution in [0.3, 0.4) is 0 Å². The van der Waals surface area contributed by atoms with E-state index in [1.54, 1.807) is 48.5 Å². The minimum atomic E-state index is -0.361. The van der Waals surface area contributed by atoms with Crippen LogP contribution < -0.4 is 20.7 Å². The Morgan fingerprint density at radius 1 is 1.07 bits per heavy atom. The topological polar surface area (TPSA) is 79.5 Å². The molecule has 2 aromatic carbocycles. The Hall–Kier alpha value is -2.93. The Morgan fingerprint density at radius 3 is 2.54 bits per heavy atom. The molecule has 1 unspecified atom stereocenters. The maximum atomic E-state index is 12.5. The standard InChI is InChI=1S/C21H25N3O3S/c1-4-14(3)22-20(26)17-11-6-7-12-18(17)23-21(28)24-19(25)15-9-8-10-16(13-15)27-5-2/h6-14H,4-5H2,1-3H3,(H,22,26)(H2,23,24,25,28). The second kappa shape index (κ2) is 10.4. The van der Waals surface area contributed by atoms with E-state index in [9.17, 15) is 9.59 Å². The van der Waals surface area contributed by atoms with E-state index in [-0.39, 0.29) is 23.0 Å². The molecule has 0 aliphatic rings. The Labute approximate surface area is 170 Å². The van der Waals surface area contributed by atoms with Crippen LogP contribution in [0.25, 0.3) is 0 Å². The van der Waals surface area contributed by atoms with Crippen molar-refractivity contribution in [1.29, 1.82) is 0 Å². The molecule has 0 spiro atoms. The molecule has 0 aromatic heterocycles. The summed E-state index contributed by atoms with van der Waals surface area (Å²) < 4.78 is 5.41. The molecule has 0 bridgehead atoms. The van der Waals surface area contributed by atoms with Crippen LogP contribution in [0.4, 0.5) is 5.69 Å². The van der Waals surface area contributed by atoms with Crippen LogP contribution in [0.1, 0.15) is 47.9 Å². The van der Waals surface area contributed by atoms with Gasteiger partial charge in [-0.1, -0.05) is 25.1 Å². The minimum absolute atomic E-state index is 0.0600. The van der Waals surface area contributed by atoms with Gasteiger partial charge in [0, 0.05) is 11.6 Å². The molecule has 0 heterocycles. The molecule has 0 fully saturated rings. The Kier molecular flexibility index (Phi) is 7.95. The molecule has 7 heteroatoms. The van der Waals surface area contributed by atoms with Crippen molar-refractivity contribution in [3.05, 3.63) is 59.7 Å². The number of anilines is 1. The van der Waals surface area contributed by atoms with Gasteiger partial charge in [0.1, 0.15) is 5.75 Å². The smallest absolute Gasteiger partial charge is 0.257 e. The quantitative estimate of drug-likeness (QED) is 0.618. The van der Waals surface area contributed by atoms with Crippen molar-refractivity contribution >= 4 is 34.8 Å². The molecule has 0 saturated carbocycles. The number of hydrogen-bond donors (Lipinski definition) is 3. The number of ether oxygens (including phenoxy) is 1. The maximum Gasteiger partial charge on any atom is 0.257 e. The summed E-state index contributed by atoms with van der Waals surface area (Å²) in [5, 5.41) is 8.58. The largest absolute Gasteiger partial charge is 0.494 e. The van der Waals surface area contributed by atoms with E-state index >= 15 is 0 Å². The number of para-hydroxylation sites is 1. The summed E-state index contributed by atoms with van der Waals surface area (Å²) >= 11 is 5.25. The lowest BCUT2D eigenvalue weighted by Crippen LogP contribution is -2.36. The van der Waals surface area contributed by atoms with Crippen molar-refractivity contribution in [2.45, 2.75) is 33.2 Å². The molecule has 2 amide bonds. The molecule has 148 valence electrons. The van der Waals surface area contributed by atoms with Gasteiger partial charge in [-0.2, -0.15) is 0 Å². The van der Waals surface area contributed by atoms with Gasteiger partial charge < -0.3 is 15.4 Å². The average Bonchev–Trinajstić information content (AvgIpc) is 2.68. The highest BCUT2D eigenvalue weighted by atomic mass is 32.1. The van der Waals surface area contributed by atoms with E-state index in [2.05, 4.69) is 16.0 Å². The SMILES string of the molecule is CCOc1cccc(C(=O)NC(=S)Nc2ccccc2C(=O)NC(C)CC)c1. The molecule has 1 atom stereocenters. The first-order chi connectivity index (χ1) is 13.4. The highest BCUT2D eigenvalue weighted by Crippen LogP contribution is 2.16. The summed E-state index contributed by atoms with van der Waals surface area (Å²) in [6.07, 6.45) is 0.830. The Bertz CT molecular complexity index is 854. The van der Waals surface area contributed by atoms with Gasteiger partial charge in [-0.3, -0.25) is 14.9 Å². The predicted octanol–water partition coefficient (Wildman–Crippen LogP) is 3.74. The number of carbonyl (C=O) groups is 2. The van der Waals surface area contributed by atoms with Gasteiger partial charge in [-0.15, -0.1) is 0 Å². The molecule has 0 aliphatic carbocycles. The fourth-order valence-corrected chi connectivity index (χ4v) is 2.62.